The maximum Gasteiger partial charge on any atom is 0.143 e. The van der Waals surface area contributed by atoms with Gasteiger partial charge in [0.15, 0.2) is 0 Å². The first-order valence-electron chi connectivity index (χ1n) is 8.29. The van der Waals surface area contributed by atoms with E-state index < -0.39 is 0 Å². The van der Waals surface area contributed by atoms with Gasteiger partial charge in [0, 0.05) is 12.4 Å². The smallest absolute Gasteiger partial charge is 0.143 e. The molecule has 0 atom stereocenters. The van der Waals surface area contributed by atoms with Gasteiger partial charge in [-0.25, -0.2) is 15.0 Å². The summed E-state index contributed by atoms with van der Waals surface area (Å²) in [6.45, 7) is 4.69. The van der Waals surface area contributed by atoms with E-state index in [4.69, 9.17) is 0 Å². The molecule has 0 saturated heterocycles. The summed E-state index contributed by atoms with van der Waals surface area (Å²) in [6.07, 6.45) is 3.60. The number of hydrogen-bond acceptors (Lipinski definition) is 7. The van der Waals surface area contributed by atoms with E-state index >= 15 is 0 Å². The molecule has 0 aliphatic heterocycles. The molecule has 0 aliphatic carbocycles. The van der Waals surface area contributed by atoms with E-state index in [0.29, 0.717) is 13.1 Å². The van der Waals surface area contributed by atoms with Gasteiger partial charge in [-0.2, -0.15) is 0 Å². The zero-order chi connectivity index (χ0) is 18.5. The third-order valence-corrected chi connectivity index (χ3v) is 4.63. The number of carbonyl (C=O) groups is 1. The van der Waals surface area contributed by atoms with Gasteiger partial charge >= 0.3 is 0 Å². The summed E-state index contributed by atoms with van der Waals surface area (Å²) in [4.78, 5) is 27.6. The van der Waals surface area contributed by atoms with Crippen LogP contribution in [0.5, 0.6) is 0 Å². The molecule has 3 aromatic heterocycles. The summed E-state index contributed by atoms with van der Waals surface area (Å²) in [5.41, 5.74) is 2.00. The first kappa shape index (κ1) is 18.2. The molecule has 0 aromatic carbocycles. The fourth-order valence-electron chi connectivity index (χ4n) is 2.55. The zero-order valence-electron chi connectivity index (χ0n) is 15.1. The number of rotatable bonds is 7. The average molecular weight is 367 g/mol. The number of ketones is 1. The fraction of sp³-hybridized carbons (Fsp3) is 0.263. The van der Waals surface area contributed by atoms with Crippen LogP contribution < -0.4 is 5.32 Å². The van der Waals surface area contributed by atoms with Gasteiger partial charge in [-0.1, -0.05) is 6.07 Å². The van der Waals surface area contributed by atoms with Crippen molar-refractivity contribution in [3.8, 4) is 10.6 Å². The summed E-state index contributed by atoms with van der Waals surface area (Å²) < 4.78 is 0. The predicted molar refractivity (Wildman–Crippen MR) is 105 cm³/mol. The topological polar surface area (TPSA) is 71.0 Å². The second-order valence-corrected chi connectivity index (χ2v) is 7.36. The minimum atomic E-state index is 0.148. The molecule has 134 valence electrons. The number of nitrogens with zero attached hydrogens (tertiary/aromatic N) is 4. The highest BCUT2D eigenvalue weighted by molar-refractivity contribution is 7.15. The molecule has 7 heteroatoms. The van der Waals surface area contributed by atoms with Gasteiger partial charge in [0.05, 0.1) is 23.7 Å². The van der Waals surface area contributed by atoms with E-state index in [1.54, 1.807) is 24.5 Å². The first-order chi connectivity index (χ1) is 12.5. The number of hydrogen-bond donors (Lipinski definition) is 1. The number of nitrogens with one attached hydrogen (secondary N) is 1. The lowest BCUT2D eigenvalue weighted by Gasteiger charge is -2.11. The van der Waals surface area contributed by atoms with Gasteiger partial charge in [-0.3, -0.25) is 9.69 Å². The Bertz CT molecular complexity index is 908. The number of pyridine rings is 2. The van der Waals surface area contributed by atoms with E-state index in [0.717, 1.165) is 32.8 Å². The number of anilines is 2. The third kappa shape index (κ3) is 4.93. The van der Waals surface area contributed by atoms with Crippen molar-refractivity contribution in [2.75, 3.05) is 18.9 Å². The molecular formula is C19H21N5OS. The maximum absolute atomic E-state index is 11.2. The molecule has 0 saturated carbocycles. The molecule has 1 N–H and O–H groups in total. The van der Waals surface area contributed by atoms with Crippen LogP contribution in [-0.4, -0.2) is 39.2 Å². The minimum Gasteiger partial charge on any atom is -0.325 e. The Kier molecular flexibility index (Phi) is 5.70. The van der Waals surface area contributed by atoms with Crippen LogP contribution in [0.4, 0.5) is 11.6 Å². The summed E-state index contributed by atoms with van der Waals surface area (Å²) in [7, 11) is 1.92. The number of Topliss-reactive ketones (excluding diaryl/α,β-unsaturated/α-hetero) is 1. The lowest BCUT2D eigenvalue weighted by atomic mass is 10.3. The minimum absolute atomic E-state index is 0.148. The Labute approximate surface area is 157 Å². The Balaban J connectivity index is 1.73. The molecule has 0 amide bonds. The average Bonchev–Trinajstić information content (AvgIpc) is 3.03. The second kappa shape index (κ2) is 8.16. The van der Waals surface area contributed by atoms with Crippen LogP contribution in [0.3, 0.4) is 0 Å². The predicted octanol–water partition coefficient (Wildman–Crippen LogP) is 3.67. The highest BCUT2D eigenvalue weighted by Crippen LogP contribution is 2.26. The van der Waals surface area contributed by atoms with Gasteiger partial charge in [-0.15, -0.1) is 11.3 Å². The van der Waals surface area contributed by atoms with Crippen molar-refractivity contribution >= 4 is 28.8 Å². The van der Waals surface area contributed by atoms with Crippen molar-refractivity contribution in [2.24, 2.45) is 0 Å². The molecule has 3 rings (SSSR count). The maximum atomic E-state index is 11.2. The number of aryl methyl sites for hydroxylation is 1. The van der Waals surface area contributed by atoms with Crippen molar-refractivity contribution < 1.29 is 4.79 Å². The van der Waals surface area contributed by atoms with Crippen molar-refractivity contribution in [1.29, 1.82) is 0 Å². The molecule has 0 bridgehead atoms. The van der Waals surface area contributed by atoms with Crippen LogP contribution in [0.2, 0.25) is 0 Å². The molecule has 0 fully saturated rings. The standard InChI is InChI=1S/C19H21N5OS/c1-13-7-8-20-18(9-13)23-17-6-4-5-15(22-17)16-10-21-19(26-16)12-24(3)11-14(2)25/h4-10H,11-12H2,1-3H3,(H,20,22,23). The van der Waals surface area contributed by atoms with Crippen LogP contribution >= 0.6 is 11.3 Å². The van der Waals surface area contributed by atoms with E-state index in [2.05, 4.69) is 20.3 Å². The Morgan fingerprint density at radius 2 is 2.08 bits per heavy atom. The monoisotopic (exact) mass is 367 g/mol. The van der Waals surface area contributed by atoms with Gasteiger partial charge in [0.1, 0.15) is 22.4 Å². The molecule has 6 nitrogen and oxygen atoms in total. The summed E-state index contributed by atoms with van der Waals surface area (Å²) in [6, 6.07) is 9.77. The summed E-state index contributed by atoms with van der Waals surface area (Å²) in [5, 5.41) is 4.19. The summed E-state index contributed by atoms with van der Waals surface area (Å²) >= 11 is 1.59. The first-order valence-corrected chi connectivity index (χ1v) is 9.11. The molecule has 0 unspecified atom stereocenters. The highest BCUT2D eigenvalue weighted by atomic mass is 32.1. The molecule has 0 radical (unpaired) electrons. The van der Waals surface area contributed by atoms with Gasteiger partial charge in [-0.05, 0) is 50.7 Å². The van der Waals surface area contributed by atoms with Gasteiger partial charge in [0.25, 0.3) is 0 Å². The Morgan fingerprint density at radius 3 is 2.85 bits per heavy atom. The molecule has 26 heavy (non-hydrogen) atoms. The zero-order valence-corrected chi connectivity index (χ0v) is 15.9. The molecule has 0 spiro atoms. The summed E-state index contributed by atoms with van der Waals surface area (Å²) in [5.74, 6) is 1.66. The normalized spacial score (nSPS) is 10.9. The lowest BCUT2D eigenvalue weighted by Crippen LogP contribution is -2.23. The van der Waals surface area contributed by atoms with E-state index in [-0.39, 0.29) is 5.78 Å². The van der Waals surface area contributed by atoms with Crippen molar-refractivity contribution in [3.05, 3.63) is 53.3 Å². The number of thiazole rings is 1. The molecular weight excluding hydrogens is 346 g/mol. The molecule has 3 aromatic rings. The van der Waals surface area contributed by atoms with Crippen LogP contribution in [-0.2, 0) is 11.3 Å². The van der Waals surface area contributed by atoms with Gasteiger partial charge < -0.3 is 5.32 Å². The SMILES string of the molecule is CC(=O)CN(C)Cc1ncc(-c2cccc(Nc3cc(C)ccn3)n2)s1. The van der Waals surface area contributed by atoms with Crippen LogP contribution in [0.1, 0.15) is 17.5 Å². The van der Waals surface area contributed by atoms with Crippen LogP contribution in [0.15, 0.2) is 42.7 Å². The van der Waals surface area contributed by atoms with Gasteiger partial charge in [0.2, 0.25) is 0 Å². The largest absolute Gasteiger partial charge is 0.325 e. The van der Waals surface area contributed by atoms with Crippen molar-refractivity contribution in [1.82, 2.24) is 19.9 Å². The number of carbonyl (C=O) groups excluding carboxylic acids is 1. The second-order valence-electron chi connectivity index (χ2n) is 6.24. The fourth-order valence-corrected chi connectivity index (χ4v) is 3.51. The van der Waals surface area contributed by atoms with E-state index in [1.807, 2.05) is 55.4 Å². The number of likely N-dealkylation sites (N-methyl/N-ethyl adjacent to an activating group) is 1. The van der Waals surface area contributed by atoms with Crippen molar-refractivity contribution in [3.63, 3.8) is 0 Å². The van der Waals surface area contributed by atoms with Crippen LogP contribution in [0.25, 0.3) is 10.6 Å². The Hall–Kier alpha value is -2.64. The van der Waals surface area contributed by atoms with Crippen LogP contribution in [0, 0.1) is 6.92 Å². The van der Waals surface area contributed by atoms with E-state index in [9.17, 15) is 4.79 Å². The quantitative estimate of drug-likeness (QED) is 0.687. The Morgan fingerprint density at radius 1 is 1.23 bits per heavy atom. The highest BCUT2D eigenvalue weighted by Gasteiger charge is 2.10. The molecule has 0 aliphatic rings. The van der Waals surface area contributed by atoms with E-state index in [1.165, 1.54) is 0 Å². The number of aromatic nitrogens is 3. The van der Waals surface area contributed by atoms with Crippen molar-refractivity contribution in [2.45, 2.75) is 20.4 Å². The lowest BCUT2D eigenvalue weighted by molar-refractivity contribution is -0.117. The molecule has 3 heterocycles. The third-order valence-electron chi connectivity index (χ3n) is 3.62.